The largest absolute Gasteiger partial charge is 0.299 e. The van der Waals surface area contributed by atoms with Gasteiger partial charge in [-0.05, 0) is 82.6 Å². The number of nitrogens with zero attached hydrogens (tertiary/aromatic N) is 7. The van der Waals surface area contributed by atoms with Gasteiger partial charge in [0, 0.05) is 47.3 Å². The molecule has 0 bridgehead atoms. The maximum atomic E-state index is 14.9. The Morgan fingerprint density at radius 1 is 1.02 bits per heavy atom. The van der Waals surface area contributed by atoms with Crippen molar-refractivity contribution in [2.75, 3.05) is 13.1 Å². The minimum atomic E-state index is -0.509. The molecule has 2 aromatic carbocycles. The van der Waals surface area contributed by atoms with Crippen LogP contribution >= 0.6 is 0 Å². The monoisotopic (exact) mass is 580 g/mol. The van der Waals surface area contributed by atoms with Crippen LogP contribution in [0, 0.1) is 11.6 Å². The van der Waals surface area contributed by atoms with Gasteiger partial charge >= 0.3 is 0 Å². The van der Waals surface area contributed by atoms with Crippen molar-refractivity contribution < 1.29 is 8.78 Å². The topological polar surface area (TPSA) is 85.7 Å². The number of pyridine rings is 1. The number of rotatable bonds is 7. The molecule has 10 heteroatoms. The number of nitrogens with one attached hydrogen (secondary N) is 1. The van der Waals surface area contributed by atoms with E-state index in [1.54, 1.807) is 17.4 Å². The van der Waals surface area contributed by atoms with E-state index in [4.69, 9.17) is 9.98 Å². The van der Waals surface area contributed by atoms with Crippen molar-refractivity contribution in [3.05, 3.63) is 107 Å². The number of aromatic amines is 1. The molecule has 6 rings (SSSR count). The highest BCUT2D eigenvalue weighted by Crippen LogP contribution is 2.31. The van der Waals surface area contributed by atoms with Gasteiger partial charge in [-0.1, -0.05) is 30.3 Å². The standard InChI is InChI=1S/C33H34F2N8/c1-21(2)41-43-20-28(27-18-26(34)11-12-29(27)35)31(37-22(43)3)24-9-7-23(8-10-24)19-42-16-13-25(14-17-42)32-38-33(40-39-32)30-6-4-5-15-36-30/h4-12,15,18,20,22,25H,13-14,16-17,19H2,1-3H3,(H,38,39,40). The fourth-order valence-electron chi connectivity index (χ4n) is 5.55. The van der Waals surface area contributed by atoms with E-state index in [0.29, 0.717) is 23.0 Å². The van der Waals surface area contributed by atoms with Crippen molar-refractivity contribution >= 4 is 17.0 Å². The maximum absolute atomic E-state index is 14.9. The highest BCUT2D eigenvalue weighted by molar-refractivity contribution is 6.32. The second-order valence-corrected chi connectivity index (χ2v) is 11.2. The number of hydrogen-bond donors (Lipinski definition) is 1. The van der Waals surface area contributed by atoms with Crippen LogP contribution < -0.4 is 0 Å². The number of halogens is 2. The van der Waals surface area contributed by atoms with Gasteiger partial charge in [0.25, 0.3) is 0 Å². The van der Waals surface area contributed by atoms with E-state index in [1.807, 2.05) is 51.1 Å². The molecular formula is C33H34F2N8. The molecule has 0 radical (unpaired) electrons. The van der Waals surface area contributed by atoms with Crippen molar-refractivity contribution in [2.24, 2.45) is 10.1 Å². The first-order valence-corrected chi connectivity index (χ1v) is 14.5. The molecule has 1 atom stereocenters. The molecule has 2 aromatic heterocycles. The molecule has 1 saturated heterocycles. The Labute approximate surface area is 249 Å². The summed E-state index contributed by atoms with van der Waals surface area (Å²) in [6.45, 7) is 8.43. The summed E-state index contributed by atoms with van der Waals surface area (Å²) in [7, 11) is 0. The van der Waals surface area contributed by atoms with Crippen molar-refractivity contribution in [3.8, 4) is 11.5 Å². The predicted molar refractivity (Wildman–Crippen MR) is 164 cm³/mol. The quantitative estimate of drug-likeness (QED) is 0.255. The van der Waals surface area contributed by atoms with E-state index in [-0.39, 0.29) is 11.7 Å². The van der Waals surface area contributed by atoms with E-state index in [1.165, 1.54) is 11.6 Å². The summed E-state index contributed by atoms with van der Waals surface area (Å²) in [4.78, 5) is 16.4. The van der Waals surface area contributed by atoms with Crippen molar-refractivity contribution in [1.82, 2.24) is 30.1 Å². The van der Waals surface area contributed by atoms with Gasteiger partial charge in [0.05, 0.1) is 5.71 Å². The van der Waals surface area contributed by atoms with E-state index in [0.717, 1.165) is 67.4 Å². The van der Waals surface area contributed by atoms with Crippen LogP contribution in [0.3, 0.4) is 0 Å². The van der Waals surface area contributed by atoms with E-state index >= 15 is 0 Å². The van der Waals surface area contributed by atoms with Crippen LogP contribution in [0.1, 0.15) is 62.0 Å². The third kappa shape index (κ3) is 6.44. The van der Waals surface area contributed by atoms with Gasteiger partial charge in [0.1, 0.15) is 29.3 Å². The first kappa shape index (κ1) is 28.5. The first-order chi connectivity index (χ1) is 20.8. The van der Waals surface area contributed by atoms with Gasteiger partial charge in [0.2, 0.25) is 0 Å². The third-order valence-corrected chi connectivity index (χ3v) is 7.75. The molecular weight excluding hydrogens is 546 g/mol. The molecule has 8 nitrogen and oxygen atoms in total. The summed E-state index contributed by atoms with van der Waals surface area (Å²) in [6, 6.07) is 17.4. The number of piperidine rings is 1. The lowest BCUT2D eigenvalue weighted by molar-refractivity contribution is 0.202. The number of likely N-dealkylation sites (tertiary alicyclic amines) is 1. The Kier molecular flexibility index (Phi) is 8.20. The Hall–Kier alpha value is -4.57. The maximum Gasteiger partial charge on any atom is 0.199 e. The van der Waals surface area contributed by atoms with Gasteiger partial charge in [-0.25, -0.2) is 18.8 Å². The summed E-state index contributed by atoms with van der Waals surface area (Å²) < 4.78 is 29.1. The molecule has 4 aromatic rings. The normalized spacial score (nSPS) is 17.9. The molecule has 0 spiro atoms. The average molecular weight is 581 g/mol. The van der Waals surface area contributed by atoms with Gasteiger partial charge < -0.3 is 0 Å². The van der Waals surface area contributed by atoms with E-state index in [2.05, 4.69) is 37.3 Å². The second-order valence-electron chi connectivity index (χ2n) is 11.2. The molecule has 0 amide bonds. The fraction of sp³-hybridized carbons (Fsp3) is 0.303. The molecule has 0 saturated carbocycles. The summed E-state index contributed by atoms with van der Waals surface area (Å²) in [6.07, 6.45) is 5.19. The highest BCUT2D eigenvalue weighted by Gasteiger charge is 2.26. The molecule has 1 fully saturated rings. The lowest BCUT2D eigenvalue weighted by atomic mass is 9.93. The van der Waals surface area contributed by atoms with Gasteiger partial charge in [-0.3, -0.25) is 20.0 Å². The third-order valence-electron chi connectivity index (χ3n) is 7.75. The Morgan fingerprint density at radius 2 is 1.81 bits per heavy atom. The van der Waals surface area contributed by atoms with Crippen LogP contribution in [0.15, 0.2) is 83.2 Å². The first-order valence-electron chi connectivity index (χ1n) is 14.5. The van der Waals surface area contributed by atoms with Crippen LogP contribution in [-0.2, 0) is 6.54 Å². The molecule has 2 aliphatic rings. The molecule has 2 aliphatic heterocycles. The summed E-state index contributed by atoms with van der Waals surface area (Å²) in [5.74, 6) is 0.875. The minimum Gasteiger partial charge on any atom is -0.299 e. The number of aliphatic imine (C=N–C) groups is 1. The fourth-order valence-corrected chi connectivity index (χ4v) is 5.55. The zero-order chi connectivity index (χ0) is 29.9. The van der Waals surface area contributed by atoms with Crippen LogP contribution in [0.25, 0.3) is 17.1 Å². The number of benzene rings is 2. The number of H-pyrrole nitrogens is 1. The molecule has 4 heterocycles. The Balaban J connectivity index is 1.14. The lowest BCUT2D eigenvalue weighted by Gasteiger charge is -2.31. The Bertz CT molecular complexity index is 1660. The average Bonchev–Trinajstić information content (AvgIpc) is 3.51. The van der Waals surface area contributed by atoms with Crippen LogP contribution in [0.5, 0.6) is 0 Å². The Morgan fingerprint density at radius 3 is 2.53 bits per heavy atom. The van der Waals surface area contributed by atoms with Gasteiger partial charge in [-0.2, -0.15) is 10.2 Å². The molecule has 43 heavy (non-hydrogen) atoms. The summed E-state index contributed by atoms with van der Waals surface area (Å²) >= 11 is 0. The van der Waals surface area contributed by atoms with Crippen LogP contribution in [0.4, 0.5) is 8.78 Å². The van der Waals surface area contributed by atoms with Crippen molar-refractivity contribution in [3.63, 3.8) is 0 Å². The van der Waals surface area contributed by atoms with E-state index < -0.39 is 11.6 Å². The van der Waals surface area contributed by atoms with Crippen LogP contribution in [0.2, 0.25) is 0 Å². The van der Waals surface area contributed by atoms with Gasteiger partial charge in [-0.15, -0.1) is 0 Å². The summed E-state index contributed by atoms with van der Waals surface area (Å²) in [5.41, 5.74) is 4.89. The molecule has 0 aliphatic carbocycles. The number of aromatic nitrogens is 4. The van der Waals surface area contributed by atoms with E-state index in [9.17, 15) is 8.78 Å². The van der Waals surface area contributed by atoms with Crippen molar-refractivity contribution in [1.29, 1.82) is 0 Å². The highest BCUT2D eigenvalue weighted by atomic mass is 19.1. The number of hydrazone groups is 1. The minimum absolute atomic E-state index is 0.158. The zero-order valence-electron chi connectivity index (χ0n) is 24.5. The van der Waals surface area contributed by atoms with Gasteiger partial charge in [0.15, 0.2) is 5.82 Å². The molecule has 220 valence electrons. The second kappa shape index (κ2) is 12.3. The molecule has 1 unspecified atom stereocenters. The molecule has 1 N–H and O–H groups in total. The number of allylic oxidation sites excluding steroid dienone is 1. The summed E-state index contributed by atoms with van der Waals surface area (Å²) in [5, 5.41) is 13.7. The lowest BCUT2D eigenvalue weighted by Crippen LogP contribution is -2.32. The smallest absolute Gasteiger partial charge is 0.199 e. The zero-order valence-corrected chi connectivity index (χ0v) is 24.5. The van der Waals surface area contributed by atoms with Crippen molar-refractivity contribution in [2.45, 2.75) is 52.2 Å². The van der Waals surface area contributed by atoms with Crippen LogP contribution in [-0.4, -0.2) is 60.8 Å². The predicted octanol–water partition coefficient (Wildman–Crippen LogP) is 6.41. The SMILES string of the molecule is CC(C)=NN1C=C(c2cc(F)ccc2F)C(c2ccc(CN3CCC(c4nc(-c5ccccn5)n[nH]4)CC3)cc2)=NC1C. The number of hydrogen-bond acceptors (Lipinski definition) is 7.